The highest BCUT2D eigenvalue weighted by atomic mass is 31.2. The molecule has 0 fully saturated rings. The van der Waals surface area contributed by atoms with E-state index in [0.29, 0.717) is 11.3 Å². The summed E-state index contributed by atoms with van der Waals surface area (Å²) in [5, 5.41) is 9.35. The fraction of sp³-hybridized carbons (Fsp3) is 0.0833. The molecular weight excluding hydrogens is 425 g/mol. The lowest BCUT2D eigenvalue weighted by atomic mass is 10.00. The quantitative estimate of drug-likeness (QED) is 0.297. The number of anilines is 1. The number of nitrogens with one attached hydrogen (secondary N) is 1. The largest absolute Gasteiger partial charge is 0.329 e. The summed E-state index contributed by atoms with van der Waals surface area (Å²) in [5.74, 6) is -0.319. The molecule has 0 unspecified atom stereocenters. The van der Waals surface area contributed by atoms with Crippen molar-refractivity contribution in [3.05, 3.63) is 90.1 Å². The second-order valence-electron chi connectivity index (χ2n) is 7.44. The molecule has 0 spiro atoms. The van der Waals surface area contributed by atoms with E-state index in [1.54, 1.807) is 41.2 Å². The molecule has 32 heavy (non-hydrogen) atoms. The number of carbonyl (C=O) groups is 1. The highest BCUT2D eigenvalue weighted by Gasteiger charge is 2.14. The SMILES string of the molecule is Cn1ncc(/C=C/C(=O)Nc2ccc(CP(=O)(O)O)cc2)c1-c1cccc2ccccc12. The van der Waals surface area contributed by atoms with E-state index >= 15 is 0 Å². The zero-order valence-corrected chi connectivity index (χ0v) is 18.2. The number of hydrogen-bond acceptors (Lipinski definition) is 3. The lowest BCUT2D eigenvalue weighted by Crippen LogP contribution is -2.07. The zero-order chi connectivity index (χ0) is 22.7. The van der Waals surface area contributed by atoms with Gasteiger partial charge >= 0.3 is 7.60 Å². The molecule has 0 atom stereocenters. The van der Waals surface area contributed by atoms with Gasteiger partial charge in [0.25, 0.3) is 0 Å². The van der Waals surface area contributed by atoms with E-state index in [1.165, 1.54) is 6.08 Å². The number of aryl methyl sites for hydroxylation is 1. The number of aromatic nitrogens is 2. The van der Waals surface area contributed by atoms with Crippen LogP contribution >= 0.6 is 7.60 Å². The van der Waals surface area contributed by atoms with Gasteiger partial charge in [-0.05, 0) is 34.5 Å². The number of fused-ring (bicyclic) bond motifs is 1. The van der Waals surface area contributed by atoms with Crippen molar-refractivity contribution in [1.82, 2.24) is 9.78 Å². The molecule has 1 heterocycles. The number of carbonyl (C=O) groups excluding carboxylic acids is 1. The van der Waals surface area contributed by atoms with Gasteiger partial charge in [-0.2, -0.15) is 5.10 Å². The maximum absolute atomic E-state index is 12.4. The van der Waals surface area contributed by atoms with Gasteiger partial charge in [-0.15, -0.1) is 0 Å². The van der Waals surface area contributed by atoms with E-state index in [4.69, 9.17) is 9.79 Å². The summed E-state index contributed by atoms with van der Waals surface area (Å²) in [4.78, 5) is 30.5. The molecule has 4 rings (SSSR count). The lowest BCUT2D eigenvalue weighted by Gasteiger charge is -2.09. The van der Waals surface area contributed by atoms with E-state index in [2.05, 4.69) is 28.6 Å². The van der Waals surface area contributed by atoms with Gasteiger partial charge in [0.05, 0.1) is 18.1 Å². The van der Waals surface area contributed by atoms with Crippen molar-refractivity contribution in [3.8, 4) is 11.3 Å². The van der Waals surface area contributed by atoms with Crippen LogP contribution in [-0.2, 0) is 22.6 Å². The summed E-state index contributed by atoms with van der Waals surface area (Å²) in [7, 11) is -2.26. The standard InChI is InChI=1S/C24H22N3O4P/c1-27-24(22-8-4-6-18-5-2-3-7-21(18)22)19(15-25-27)11-14-23(28)26-20-12-9-17(10-13-20)16-32(29,30)31/h2-15H,16H2,1H3,(H,26,28)(H2,29,30,31)/b14-11+. The molecule has 1 aromatic heterocycles. The van der Waals surface area contributed by atoms with Gasteiger partial charge in [-0.3, -0.25) is 14.0 Å². The van der Waals surface area contributed by atoms with E-state index in [0.717, 1.165) is 27.6 Å². The number of benzene rings is 3. The van der Waals surface area contributed by atoms with Crippen molar-refractivity contribution in [1.29, 1.82) is 0 Å². The van der Waals surface area contributed by atoms with Gasteiger partial charge in [0, 0.05) is 29.9 Å². The maximum Gasteiger partial charge on any atom is 0.329 e. The van der Waals surface area contributed by atoms with Crippen LogP contribution in [0.4, 0.5) is 5.69 Å². The predicted octanol–water partition coefficient (Wildman–Crippen LogP) is 4.57. The maximum atomic E-state index is 12.4. The third kappa shape index (κ3) is 5.03. The highest BCUT2D eigenvalue weighted by molar-refractivity contribution is 7.50. The molecule has 0 saturated carbocycles. The Balaban J connectivity index is 1.53. The number of rotatable bonds is 6. The monoisotopic (exact) mass is 447 g/mol. The fourth-order valence-electron chi connectivity index (χ4n) is 3.62. The predicted molar refractivity (Wildman–Crippen MR) is 126 cm³/mol. The summed E-state index contributed by atoms with van der Waals surface area (Å²) in [5.41, 5.74) is 3.80. The molecule has 3 aromatic carbocycles. The Morgan fingerprint density at radius 2 is 1.78 bits per heavy atom. The van der Waals surface area contributed by atoms with Crippen LogP contribution < -0.4 is 5.32 Å². The average Bonchev–Trinajstić information content (AvgIpc) is 3.12. The minimum Gasteiger partial charge on any atom is -0.324 e. The van der Waals surface area contributed by atoms with E-state index in [1.807, 2.05) is 31.3 Å². The normalized spacial score (nSPS) is 11.8. The minimum atomic E-state index is -4.13. The molecule has 4 aromatic rings. The molecule has 0 aliphatic heterocycles. The van der Waals surface area contributed by atoms with Crippen LogP contribution in [0.1, 0.15) is 11.1 Å². The molecule has 0 radical (unpaired) electrons. The molecule has 8 heteroatoms. The number of amides is 1. The molecule has 1 amide bonds. The van der Waals surface area contributed by atoms with Crippen LogP contribution in [0.2, 0.25) is 0 Å². The first kappa shape index (κ1) is 21.7. The third-order valence-electron chi connectivity index (χ3n) is 5.04. The van der Waals surface area contributed by atoms with Gasteiger partial charge in [-0.25, -0.2) is 0 Å². The van der Waals surface area contributed by atoms with Crippen molar-refractivity contribution in [2.75, 3.05) is 5.32 Å². The van der Waals surface area contributed by atoms with Crippen LogP contribution in [-0.4, -0.2) is 25.5 Å². The van der Waals surface area contributed by atoms with Crippen molar-refractivity contribution >= 4 is 36.0 Å². The van der Waals surface area contributed by atoms with Crippen LogP contribution in [0.15, 0.2) is 79.0 Å². The Labute approximate surface area is 185 Å². The van der Waals surface area contributed by atoms with Crippen molar-refractivity contribution in [2.45, 2.75) is 6.16 Å². The molecule has 0 saturated heterocycles. The van der Waals surface area contributed by atoms with Gasteiger partial charge in [0.1, 0.15) is 0 Å². The van der Waals surface area contributed by atoms with Crippen molar-refractivity contribution < 1.29 is 19.1 Å². The van der Waals surface area contributed by atoms with Gasteiger partial charge < -0.3 is 15.1 Å². The molecule has 3 N–H and O–H groups in total. The Hall–Kier alpha value is -3.51. The zero-order valence-electron chi connectivity index (χ0n) is 17.3. The molecule has 0 aliphatic carbocycles. The first-order valence-corrected chi connectivity index (χ1v) is 11.7. The molecular formula is C24H22N3O4P. The summed E-state index contributed by atoms with van der Waals surface area (Å²) in [6.07, 6.45) is 4.55. The van der Waals surface area contributed by atoms with Gasteiger partial charge in [0.15, 0.2) is 0 Å². The third-order valence-corrected chi connectivity index (χ3v) is 5.81. The molecule has 0 bridgehead atoms. The molecule has 7 nitrogen and oxygen atoms in total. The van der Waals surface area contributed by atoms with Crippen LogP contribution in [0, 0.1) is 0 Å². The van der Waals surface area contributed by atoms with Crippen molar-refractivity contribution in [3.63, 3.8) is 0 Å². The number of hydrogen-bond donors (Lipinski definition) is 3. The summed E-state index contributed by atoms with van der Waals surface area (Å²) >= 11 is 0. The summed E-state index contributed by atoms with van der Waals surface area (Å²) in [6, 6.07) is 20.6. The second kappa shape index (κ2) is 8.93. The summed E-state index contributed by atoms with van der Waals surface area (Å²) < 4.78 is 12.9. The topological polar surface area (TPSA) is 104 Å². The molecule has 0 aliphatic rings. The molecule has 162 valence electrons. The second-order valence-corrected chi connectivity index (χ2v) is 9.09. The van der Waals surface area contributed by atoms with Gasteiger partial charge in [-0.1, -0.05) is 54.6 Å². The Morgan fingerprint density at radius 1 is 1.06 bits per heavy atom. The lowest BCUT2D eigenvalue weighted by molar-refractivity contribution is -0.111. The van der Waals surface area contributed by atoms with Crippen LogP contribution in [0.3, 0.4) is 0 Å². The van der Waals surface area contributed by atoms with E-state index in [-0.39, 0.29) is 12.1 Å². The van der Waals surface area contributed by atoms with E-state index < -0.39 is 7.60 Å². The Morgan fingerprint density at radius 3 is 2.53 bits per heavy atom. The smallest absolute Gasteiger partial charge is 0.324 e. The summed E-state index contributed by atoms with van der Waals surface area (Å²) in [6.45, 7) is 0. The first-order chi connectivity index (χ1) is 15.3. The minimum absolute atomic E-state index is 0.319. The van der Waals surface area contributed by atoms with E-state index in [9.17, 15) is 9.36 Å². The average molecular weight is 447 g/mol. The van der Waals surface area contributed by atoms with Crippen molar-refractivity contribution in [2.24, 2.45) is 7.05 Å². The Kier molecular flexibility index (Phi) is 6.06. The Bertz CT molecular complexity index is 1350. The fourth-order valence-corrected chi connectivity index (χ4v) is 4.31. The highest BCUT2D eigenvalue weighted by Crippen LogP contribution is 2.39. The number of nitrogens with zero attached hydrogens (tertiary/aromatic N) is 2. The van der Waals surface area contributed by atoms with Gasteiger partial charge in [0.2, 0.25) is 5.91 Å². The first-order valence-electron chi connectivity index (χ1n) is 9.93. The van der Waals surface area contributed by atoms with Crippen LogP contribution in [0.25, 0.3) is 28.1 Å². The van der Waals surface area contributed by atoms with Crippen LogP contribution in [0.5, 0.6) is 0 Å².